The van der Waals surface area contributed by atoms with E-state index in [1.807, 2.05) is 31.1 Å². The fourth-order valence-electron chi connectivity index (χ4n) is 9.16. The van der Waals surface area contributed by atoms with E-state index in [2.05, 4.69) is 35.3 Å². The first kappa shape index (κ1) is 23.2. The minimum Gasteiger partial charge on any atom is -0.390 e. The zero-order chi connectivity index (χ0) is 25.1. The van der Waals surface area contributed by atoms with Gasteiger partial charge in [0.25, 0.3) is 0 Å². The molecule has 1 aromatic heterocycles. The molecule has 2 saturated carbocycles. The van der Waals surface area contributed by atoms with Gasteiger partial charge < -0.3 is 19.8 Å². The number of halogens is 1. The molecule has 4 fully saturated rings. The summed E-state index contributed by atoms with van der Waals surface area (Å²) < 4.78 is 24.3. The van der Waals surface area contributed by atoms with Crippen LogP contribution in [0, 0.1) is 17.3 Å². The van der Waals surface area contributed by atoms with E-state index in [4.69, 9.17) is 4.74 Å². The number of aliphatic hydroxyl groups excluding tert-OH is 2. The van der Waals surface area contributed by atoms with Crippen LogP contribution in [0.15, 0.2) is 36.5 Å². The van der Waals surface area contributed by atoms with E-state index in [9.17, 15) is 10.2 Å². The molecule has 0 amide bonds. The Morgan fingerprint density at radius 1 is 1.06 bits per heavy atom. The van der Waals surface area contributed by atoms with E-state index in [0.717, 1.165) is 30.2 Å². The van der Waals surface area contributed by atoms with Gasteiger partial charge in [-0.25, -0.2) is 4.39 Å². The molecule has 3 unspecified atom stereocenters. The van der Waals surface area contributed by atoms with Gasteiger partial charge >= 0.3 is 0 Å². The average molecular weight is 494 g/mol. The smallest absolute Gasteiger partial charge is 0.140 e. The Balaban J connectivity index is 1.27. The van der Waals surface area contributed by atoms with Gasteiger partial charge in [0, 0.05) is 23.3 Å². The molecule has 36 heavy (non-hydrogen) atoms. The monoisotopic (exact) mass is 493 g/mol. The maximum Gasteiger partial charge on any atom is 0.140 e. The van der Waals surface area contributed by atoms with Gasteiger partial charge in [0.1, 0.15) is 11.3 Å². The second kappa shape index (κ2) is 7.34. The molecular weight excluding hydrogens is 457 g/mol. The Morgan fingerprint density at radius 3 is 2.69 bits per heavy atom. The molecule has 2 N–H and O–H groups in total. The fourth-order valence-corrected chi connectivity index (χ4v) is 9.16. The number of rotatable bonds is 2. The first-order valence-corrected chi connectivity index (χ1v) is 13.5. The number of nitrogens with zero attached hydrogens (tertiary/aromatic N) is 3. The van der Waals surface area contributed by atoms with Crippen LogP contribution in [0.1, 0.15) is 57.4 Å². The van der Waals surface area contributed by atoms with Crippen molar-refractivity contribution in [2.45, 2.75) is 87.0 Å². The van der Waals surface area contributed by atoms with Crippen LogP contribution < -0.4 is 0 Å². The molecule has 7 heteroatoms. The molecule has 192 valence electrons. The normalized spacial score (nSPS) is 47.4. The lowest BCUT2D eigenvalue weighted by Crippen LogP contribution is -2.72. The van der Waals surface area contributed by atoms with E-state index in [0.29, 0.717) is 19.3 Å². The van der Waals surface area contributed by atoms with E-state index in [1.54, 1.807) is 6.20 Å². The van der Waals surface area contributed by atoms with E-state index in [1.165, 1.54) is 11.1 Å². The Bertz CT molecular complexity index is 1270. The summed E-state index contributed by atoms with van der Waals surface area (Å²) in [4.78, 5) is 1.98. The first-order valence-electron chi connectivity index (χ1n) is 13.5. The van der Waals surface area contributed by atoms with Crippen molar-refractivity contribution in [2.75, 3.05) is 14.1 Å². The Morgan fingerprint density at radius 2 is 1.89 bits per heavy atom. The van der Waals surface area contributed by atoms with E-state index >= 15 is 4.39 Å². The zero-order valence-electron chi connectivity index (χ0n) is 21.3. The zero-order valence-corrected chi connectivity index (χ0v) is 21.3. The number of fused-ring (bicyclic) bond motifs is 2. The molecule has 1 aromatic carbocycles. The number of hydrogen-bond donors (Lipinski definition) is 2. The minimum absolute atomic E-state index is 0.0483. The Labute approximate surface area is 211 Å². The van der Waals surface area contributed by atoms with Crippen LogP contribution in [0.5, 0.6) is 0 Å². The SMILES string of the molecule is CN(C)[C@H]1C[C@@]23CC[C@]4(O2)C2CC=C(c5ccc6nnccc6c5)[C@@]2(C)CCC4(F)CC3[C@@H](O)[C@@H]1O. The first-order chi connectivity index (χ1) is 17.1. The number of likely N-dealkylation sites (N-methyl/N-ethyl adjacent to an activating group) is 1. The Kier molecular flexibility index (Phi) is 4.73. The van der Waals surface area contributed by atoms with Gasteiger partial charge in [0.15, 0.2) is 0 Å². The molecule has 2 saturated heterocycles. The van der Waals surface area contributed by atoms with Crippen LogP contribution in [-0.4, -0.2) is 74.5 Å². The number of ether oxygens (including phenoxy) is 1. The van der Waals surface area contributed by atoms with Crippen LogP contribution >= 0.6 is 0 Å². The molecular formula is C29H36FN3O3. The number of benzene rings is 1. The fraction of sp³-hybridized carbons (Fsp3) is 0.655. The quantitative estimate of drug-likeness (QED) is 0.661. The van der Waals surface area contributed by atoms with Crippen LogP contribution in [-0.2, 0) is 4.74 Å². The molecule has 0 radical (unpaired) electrons. The summed E-state index contributed by atoms with van der Waals surface area (Å²) in [6.07, 6.45) is 6.49. The third-order valence-corrected chi connectivity index (χ3v) is 11.0. The maximum atomic E-state index is 17.2. The summed E-state index contributed by atoms with van der Waals surface area (Å²) >= 11 is 0. The number of hydrogen-bond acceptors (Lipinski definition) is 6. The average Bonchev–Trinajstić information content (AvgIpc) is 3.39. The van der Waals surface area contributed by atoms with Crippen molar-refractivity contribution >= 4 is 16.5 Å². The summed E-state index contributed by atoms with van der Waals surface area (Å²) in [7, 11) is 3.87. The van der Waals surface area contributed by atoms with Crippen LogP contribution in [0.3, 0.4) is 0 Å². The van der Waals surface area contributed by atoms with Gasteiger partial charge in [-0.1, -0.05) is 19.1 Å². The van der Waals surface area contributed by atoms with E-state index < -0.39 is 29.1 Å². The summed E-state index contributed by atoms with van der Waals surface area (Å²) in [5.41, 5.74) is 0.237. The molecule has 2 bridgehead atoms. The lowest BCUT2D eigenvalue weighted by molar-refractivity contribution is -0.314. The molecule has 6 nitrogen and oxygen atoms in total. The van der Waals surface area contributed by atoms with Crippen molar-refractivity contribution in [3.63, 3.8) is 0 Å². The van der Waals surface area contributed by atoms with Gasteiger partial charge in [-0.2, -0.15) is 10.2 Å². The molecule has 2 aromatic rings. The Hall–Kier alpha value is -1.93. The van der Waals surface area contributed by atoms with Gasteiger partial charge in [-0.3, -0.25) is 0 Å². The highest BCUT2D eigenvalue weighted by Gasteiger charge is 2.77. The standard InChI is InChI=1S/C29H36FN3O3/c1-26-9-11-28(30)15-20-24(34)25(35)22(33(2)3)16-27(20)10-12-29(28,36-27)23(26)7-5-19(26)17-4-6-21-18(14-17)8-13-31-32-21/h4-6,8,13-14,20,22-25,34-35H,7,9-12,15-16H2,1-3H3/t20?,22-,23?,24+,25+,26+,27+,28?,29-/m0/s1. The maximum absolute atomic E-state index is 17.2. The highest BCUT2D eigenvalue weighted by Crippen LogP contribution is 2.72. The predicted molar refractivity (Wildman–Crippen MR) is 135 cm³/mol. The third-order valence-electron chi connectivity index (χ3n) is 11.0. The molecule has 3 heterocycles. The lowest BCUT2D eigenvalue weighted by atomic mass is 9.51. The second-order valence-corrected chi connectivity index (χ2v) is 12.7. The van der Waals surface area contributed by atoms with Crippen molar-refractivity contribution in [1.29, 1.82) is 0 Å². The molecule has 2 aliphatic heterocycles. The van der Waals surface area contributed by atoms with Crippen molar-refractivity contribution in [2.24, 2.45) is 17.3 Å². The van der Waals surface area contributed by atoms with Crippen molar-refractivity contribution < 1.29 is 19.3 Å². The molecule has 2 spiro atoms. The van der Waals surface area contributed by atoms with Crippen LogP contribution in [0.4, 0.5) is 4.39 Å². The third kappa shape index (κ3) is 2.75. The number of allylic oxidation sites excluding steroid dienone is 2. The van der Waals surface area contributed by atoms with Crippen LogP contribution in [0.2, 0.25) is 0 Å². The topological polar surface area (TPSA) is 78.7 Å². The van der Waals surface area contributed by atoms with Gasteiger partial charge in [0.05, 0.1) is 29.5 Å². The van der Waals surface area contributed by atoms with Gasteiger partial charge in [-0.05, 0) is 93.8 Å². The summed E-state index contributed by atoms with van der Waals surface area (Å²) in [5.74, 6) is -0.323. The van der Waals surface area contributed by atoms with Crippen molar-refractivity contribution in [3.05, 3.63) is 42.1 Å². The molecule has 3 aliphatic carbocycles. The summed E-state index contributed by atoms with van der Waals surface area (Å²) in [6, 6.07) is 8.12. The molecule has 7 rings (SSSR count). The number of aromatic nitrogens is 2. The van der Waals surface area contributed by atoms with Crippen molar-refractivity contribution in [3.8, 4) is 0 Å². The lowest BCUT2D eigenvalue weighted by Gasteiger charge is -2.64. The second-order valence-electron chi connectivity index (χ2n) is 12.7. The predicted octanol–water partition coefficient (Wildman–Crippen LogP) is 3.91. The number of alkyl halides is 1. The van der Waals surface area contributed by atoms with Gasteiger partial charge in [0.2, 0.25) is 0 Å². The van der Waals surface area contributed by atoms with Gasteiger partial charge in [-0.15, -0.1) is 0 Å². The largest absolute Gasteiger partial charge is 0.390 e. The highest BCUT2D eigenvalue weighted by atomic mass is 19.1. The van der Waals surface area contributed by atoms with Crippen LogP contribution in [0.25, 0.3) is 16.5 Å². The minimum atomic E-state index is -1.49. The molecule has 9 atom stereocenters. The highest BCUT2D eigenvalue weighted by molar-refractivity contribution is 5.84. The summed E-state index contributed by atoms with van der Waals surface area (Å²) in [5, 5.41) is 31.4. The number of aliphatic hydroxyl groups is 2. The van der Waals surface area contributed by atoms with Crippen molar-refractivity contribution in [1.82, 2.24) is 15.1 Å². The summed E-state index contributed by atoms with van der Waals surface area (Å²) in [6.45, 7) is 2.31. The molecule has 5 aliphatic rings. The van der Waals surface area contributed by atoms with E-state index in [-0.39, 0.29) is 29.7 Å².